The molecular weight excluding hydrogens is 234 g/mol. The number of ether oxygens (including phenoxy) is 1. The molecule has 94 valence electrons. The molecule has 3 aromatic rings. The summed E-state index contributed by atoms with van der Waals surface area (Å²) in [7, 11) is 1.69. The molecule has 0 unspecified atom stereocenters. The Hall–Kier alpha value is -2.35. The molecule has 0 spiro atoms. The first-order chi connectivity index (χ1) is 9.35. The number of pyridine rings is 1. The van der Waals surface area contributed by atoms with E-state index in [4.69, 9.17) is 4.74 Å². The average molecular weight is 249 g/mol. The predicted octanol–water partition coefficient (Wildman–Crippen LogP) is 3.83. The number of hydrogen-bond donors (Lipinski definition) is 0. The Kier molecular flexibility index (Phi) is 3.15. The Balaban J connectivity index is 1.92. The van der Waals surface area contributed by atoms with Crippen molar-refractivity contribution in [1.82, 2.24) is 4.98 Å². The van der Waals surface area contributed by atoms with E-state index in [2.05, 4.69) is 35.3 Å². The van der Waals surface area contributed by atoms with E-state index >= 15 is 0 Å². The second-order valence-electron chi connectivity index (χ2n) is 4.52. The summed E-state index contributed by atoms with van der Waals surface area (Å²) >= 11 is 0. The molecular formula is C17H15NO. The molecule has 0 radical (unpaired) electrons. The molecule has 0 saturated carbocycles. The van der Waals surface area contributed by atoms with Gasteiger partial charge in [-0.1, -0.05) is 36.4 Å². The van der Waals surface area contributed by atoms with Crippen LogP contribution in [0.5, 0.6) is 5.75 Å². The quantitative estimate of drug-likeness (QED) is 0.703. The first kappa shape index (κ1) is 11.7. The van der Waals surface area contributed by atoms with Crippen LogP contribution in [0.3, 0.4) is 0 Å². The van der Waals surface area contributed by atoms with E-state index in [1.165, 1.54) is 10.9 Å². The van der Waals surface area contributed by atoms with Gasteiger partial charge in [-0.05, 0) is 29.8 Å². The van der Waals surface area contributed by atoms with Crippen LogP contribution in [-0.2, 0) is 6.42 Å². The van der Waals surface area contributed by atoms with Crippen LogP contribution in [0.25, 0.3) is 10.9 Å². The topological polar surface area (TPSA) is 22.1 Å². The lowest BCUT2D eigenvalue weighted by atomic mass is 10.1. The highest BCUT2D eigenvalue weighted by Crippen LogP contribution is 2.17. The SMILES string of the molecule is COc1cccc(Cc2ccc3ccccc3n2)c1. The van der Waals surface area contributed by atoms with Gasteiger partial charge in [0, 0.05) is 17.5 Å². The molecule has 0 aliphatic heterocycles. The van der Waals surface area contributed by atoms with Crippen LogP contribution in [0, 0.1) is 0 Å². The Bertz CT molecular complexity index is 706. The average Bonchev–Trinajstić information content (AvgIpc) is 2.47. The summed E-state index contributed by atoms with van der Waals surface area (Å²) < 4.78 is 5.24. The highest BCUT2D eigenvalue weighted by atomic mass is 16.5. The minimum absolute atomic E-state index is 0.821. The molecule has 0 saturated heterocycles. The lowest BCUT2D eigenvalue weighted by molar-refractivity contribution is 0.414. The predicted molar refractivity (Wildman–Crippen MR) is 77.5 cm³/mol. The lowest BCUT2D eigenvalue weighted by Crippen LogP contribution is -1.93. The lowest BCUT2D eigenvalue weighted by Gasteiger charge is -2.05. The number of hydrogen-bond acceptors (Lipinski definition) is 2. The molecule has 0 atom stereocenters. The molecule has 2 nitrogen and oxygen atoms in total. The van der Waals surface area contributed by atoms with Crippen LogP contribution in [0.2, 0.25) is 0 Å². The molecule has 0 aliphatic carbocycles. The zero-order valence-corrected chi connectivity index (χ0v) is 10.8. The fourth-order valence-electron chi connectivity index (χ4n) is 2.20. The normalized spacial score (nSPS) is 10.6. The van der Waals surface area contributed by atoms with E-state index in [-0.39, 0.29) is 0 Å². The highest BCUT2D eigenvalue weighted by Gasteiger charge is 2.01. The van der Waals surface area contributed by atoms with Gasteiger partial charge in [-0.3, -0.25) is 4.98 Å². The molecule has 0 amide bonds. The monoisotopic (exact) mass is 249 g/mol. The number of rotatable bonds is 3. The van der Waals surface area contributed by atoms with Gasteiger partial charge in [-0.2, -0.15) is 0 Å². The molecule has 1 heterocycles. The third kappa shape index (κ3) is 2.58. The van der Waals surface area contributed by atoms with E-state index in [9.17, 15) is 0 Å². The van der Waals surface area contributed by atoms with Crippen LogP contribution in [-0.4, -0.2) is 12.1 Å². The number of fused-ring (bicyclic) bond motifs is 1. The summed E-state index contributed by atoms with van der Waals surface area (Å²) in [5.41, 5.74) is 3.33. The maximum absolute atomic E-state index is 5.24. The molecule has 1 aromatic heterocycles. The van der Waals surface area contributed by atoms with Crippen LogP contribution in [0.4, 0.5) is 0 Å². The summed E-state index contributed by atoms with van der Waals surface area (Å²) in [6.07, 6.45) is 0.821. The van der Waals surface area contributed by atoms with Crippen LogP contribution in [0.1, 0.15) is 11.3 Å². The summed E-state index contributed by atoms with van der Waals surface area (Å²) in [4.78, 5) is 4.69. The summed E-state index contributed by atoms with van der Waals surface area (Å²) in [5, 5.41) is 1.18. The first-order valence-corrected chi connectivity index (χ1v) is 6.33. The third-order valence-electron chi connectivity index (χ3n) is 3.18. The Morgan fingerprint density at radius 1 is 0.947 bits per heavy atom. The molecule has 3 rings (SSSR count). The van der Waals surface area contributed by atoms with Gasteiger partial charge in [0.05, 0.1) is 12.6 Å². The minimum atomic E-state index is 0.821. The van der Waals surface area contributed by atoms with Crippen molar-refractivity contribution in [2.24, 2.45) is 0 Å². The van der Waals surface area contributed by atoms with Crippen molar-refractivity contribution in [3.63, 3.8) is 0 Å². The maximum Gasteiger partial charge on any atom is 0.119 e. The van der Waals surface area contributed by atoms with Crippen molar-refractivity contribution in [3.8, 4) is 5.75 Å². The Morgan fingerprint density at radius 3 is 2.74 bits per heavy atom. The van der Waals surface area contributed by atoms with Crippen LogP contribution < -0.4 is 4.74 Å². The minimum Gasteiger partial charge on any atom is -0.497 e. The van der Waals surface area contributed by atoms with Gasteiger partial charge in [0.1, 0.15) is 5.75 Å². The van der Waals surface area contributed by atoms with Crippen LogP contribution >= 0.6 is 0 Å². The zero-order chi connectivity index (χ0) is 13.1. The second-order valence-corrected chi connectivity index (χ2v) is 4.52. The van der Waals surface area contributed by atoms with Gasteiger partial charge >= 0.3 is 0 Å². The smallest absolute Gasteiger partial charge is 0.119 e. The molecule has 0 bridgehead atoms. The molecule has 2 aromatic carbocycles. The number of methoxy groups -OCH3 is 1. The Labute approximate surface area is 112 Å². The van der Waals surface area contributed by atoms with E-state index in [1.807, 2.05) is 30.3 Å². The van der Waals surface area contributed by atoms with Crippen molar-refractivity contribution >= 4 is 10.9 Å². The van der Waals surface area contributed by atoms with Gasteiger partial charge in [-0.25, -0.2) is 0 Å². The van der Waals surface area contributed by atoms with E-state index in [0.717, 1.165) is 23.4 Å². The highest BCUT2D eigenvalue weighted by molar-refractivity contribution is 5.78. The summed E-state index contributed by atoms with van der Waals surface area (Å²) in [6.45, 7) is 0. The fraction of sp³-hybridized carbons (Fsp3) is 0.118. The summed E-state index contributed by atoms with van der Waals surface area (Å²) in [6, 6.07) is 20.5. The van der Waals surface area contributed by atoms with Crippen molar-refractivity contribution < 1.29 is 4.74 Å². The van der Waals surface area contributed by atoms with E-state index in [0.29, 0.717) is 0 Å². The van der Waals surface area contributed by atoms with Gasteiger partial charge in [0.2, 0.25) is 0 Å². The van der Waals surface area contributed by atoms with Crippen molar-refractivity contribution in [2.45, 2.75) is 6.42 Å². The largest absolute Gasteiger partial charge is 0.497 e. The molecule has 2 heteroatoms. The van der Waals surface area contributed by atoms with Crippen molar-refractivity contribution in [2.75, 3.05) is 7.11 Å². The van der Waals surface area contributed by atoms with Crippen molar-refractivity contribution in [3.05, 3.63) is 71.9 Å². The van der Waals surface area contributed by atoms with E-state index in [1.54, 1.807) is 7.11 Å². The number of aromatic nitrogens is 1. The summed E-state index contributed by atoms with van der Waals surface area (Å²) in [5.74, 6) is 0.887. The third-order valence-corrected chi connectivity index (χ3v) is 3.18. The van der Waals surface area contributed by atoms with E-state index < -0.39 is 0 Å². The van der Waals surface area contributed by atoms with Gasteiger partial charge in [0.15, 0.2) is 0 Å². The van der Waals surface area contributed by atoms with Gasteiger partial charge in [-0.15, -0.1) is 0 Å². The molecule has 19 heavy (non-hydrogen) atoms. The van der Waals surface area contributed by atoms with Gasteiger partial charge in [0.25, 0.3) is 0 Å². The molecule has 0 aliphatic rings. The first-order valence-electron chi connectivity index (χ1n) is 6.33. The van der Waals surface area contributed by atoms with Gasteiger partial charge < -0.3 is 4.74 Å². The molecule has 0 N–H and O–H groups in total. The fourth-order valence-corrected chi connectivity index (χ4v) is 2.20. The standard InChI is InChI=1S/C17H15NO/c1-19-16-7-4-5-13(12-16)11-15-10-9-14-6-2-3-8-17(14)18-15/h2-10,12H,11H2,1H3. The molecule has 0 fully saturated rings. The maximum atomic E-state index is 5.24. The zero-order valence-electron chi connectivity index (χ0n) is 10.8. The Morgan fingerprint density at radius 2 is 1.84 bits per heavy atom. The number of para-hydroxylation sites is 1. The van der Waals surface area contributed by atoms with Crippen LogP contribution in [0.15, 0.2) is 60.7 Å². The second kappa shape index (κ2) is 5.11. The number of benzene rings is 2. The number of nitrogens with zero attached hydrogens (tertiary/aromatic N) is 1. The van der Waals surface area contributed by atoms with Crippen molar-refractivity contribution in [1.29, 1.82) is 0 Å².